The first kappa shape index (κ1) is 23.7. The van der Waals surface area contributed by atoms with Crippen LogP contribution in [0.1, 0.15) is 48.2 Å². The predicted molar refractivity (Wildman–Crippen MR) is 133 cm³/mol. The molecule has 0 bridgehead atoms. The van der Waals surface area contributed by atoms with Gasteiger partial charge in [-0.2, -0.15) is 9.31 Å². The van der Waals surface area contributed by atoms with Crippen LogP contribution >= 0.6 is 11.6 Å². The lowest BCUT2D eigenvalue weighted by molar-refractivity contribution is 0.210. The summed E-state index contributed by atoms with van der Waals surface area (Å²) in [6.45, 7) is 6.87. The normalized spacial score (nSPS) is 22.0. The number of halogens is 1. The van der Waals surface area contributed by atoms with E-state index in [0.717, 1.165) is 41.4 Å². The van der Waals surface area contributed by atoms with Gasteiger partial charge in [-0.05, 0) is 82.8 Å². The van der Waals surface area contributed by atoms with E-state index in [2.05, 4.69) is 23.1 Å². The van der Waals surface area contributed by atoms with Crippen LogP contribution in [0.5, 0.6) is 0 Å². The highest BCUT2D eigenvalue weighted by Crippen LogP contribution is 2.53. The molecule has 32 heavy (non-hydrogen) atoms. The number of fused-ring (bicyclic) bond motifs is 1. The van der Waals surface area contributed by atoms with Gasteiger partial charge in [-0.3, -0.25) is 13.2 Å². The van der Waals surface area contributed by atoms with Crippen LogP contribution in [-0.4, -0.2) is 52.4 Å². The third kappa shape index (κ3) is 3.91. The average Bonchev–Trinajstić information content (AvgIpc) is 3.13. The molecule has 0 unspecified atom stereocenters. The van der Waals surface area contributed by atoms with E-state index in [9.17, 15) is 4.21 Å². The van der Waals surface area contributed by atoms with Gasteiger partial charge >= 0.3 is 0 Å². The fourth-order valence-corrected chi connectivity index (χ4v) is 9.13. The minimum atomic E-state index is -3.83. The summed E-state index contributed by atoms with van der Waals surface area (Å²) in [5, 5.41) is 5.08. The molecule has 2 aliphatic heterocycles. The number of piperidine rings is 1. The van der Waals surface area contributed by atoms with Gasteiger partial charge in [0.15, 0.2) is 0 Å². The highest BCUT2D eigenvalue weighted by atomic mass is 35.5. The maximum atomic E-state index is 14.6. The van der Waals surface area contributed by atoms with Crippen molar-refractivity contribution in [2.75, 3.05) is 37.8 Å². The fourth-order valence-electron chi connectivity index (χ4n) is 5.44. The van der Waals surface area contributed by atoms with Gasteiger partial charge in [-0.1, -0.05) is 33.6 Å². The molecule has 2 aliphatic rings. The molecular weight excluding hydrogens is 444 g/mol. The first-order valence-corrected chi connectivity index (χ1v) is 14.2. The van der Waals surface area contributed by atoms with E-state index in [1.165, 1.54) is 45.0 Å². The molecule has 1 aromatic heterocycles. The van der Waals surface area contributed by atoms with E-state index in [1.807, 2.05) is 35.9 Å². The van der Waals surface area contributed by atoms with Gasteiger partial charge in [0.25, 0.3) is 0 Å². The zero-order valence-corrected chi connectivity index (χ0v) is 21.9. The topological polar surface area (TPSA) is 50.6 Å². The second-order valence-corrected chi connectivity index (χ2v) is 13.7. The Morgan fingerprint density at radius 2 is 1.91 bits per heavy atom. The molecule has 178 valence electrons. The quantitative estimate of drug-likeness (QED) is 0.603. The zero-order chi connectivity index (χ0) is 23.3. The van der Waals surface area contributed by atoms with Crippen LogP contribution < -0.4 is 4.31 Å². The molecule has 0 N–H and O–H groups in total. The van der Waals surface area contributed by atoms with E-state index in [4.69, 9.17) is 15.8 Å². The molecule has 0 aliphatic carbocycles. The van der Waals surface area contributed by atoms with Crippen LogP contribution in [0.25, 0.3) is 0 Å². The third-order valence-corrected chi connectivity index (χ3v) is 11.4. The summed E-state index contributed by atoms with van der Waals surface area (Å²) in [5.74, 6) is 0.829. The maximum Gasteiger partial charge on any atom is 0.101 e. The van der Waals surface area contributed by atoms with Crippen LogP contribution in [0.2, 0.25) is 5.02 Å². The Hall–Kier alpha value is -1.41. The molecule has 1 saturated heterocycles. The molecule has 1 aromatic carbocycles. The largest absolute Gasteiger partial charge is 0.306 e. The van der Waals surface area contributed by atoms with Crippen molar-refractivity contribution in [1.82, 2.24) is 14.7 Å². The lowest BCUT2D eigenvalue weighted by atomic mass is 9.91. The SMILES string of the molecule is COS1(C)(=O)c2c(Cl)cc(CCCC3CCN(C)CC3)cc2CN1c1c(C)nn(C)c1C. The van der Waals surface area contributed by atoms with Crippen molar-refractivity contribution in [3.63, 3.8) is 0 Å². The highest BCUT2D eigenvalue weighted by Gasteiger charge is 2.46. The number of hydrogen-bond acceptors (Lipinski definition) is 4. The molecule has 3 heterocycles. The summed E-state index contributed by atoms with van der Waals surface area (Å²) in [6, 6.07) is 4.19. The molecule has 0 spiro atoms. The van der Waals surface area contributed by atoms with Crippen LogP contribution in [0, 0.1) is 19.8 Å². The summed E-state index contributed by atoms with van der Waals surface area (Å²) in [7, 11) is 1.80. The molecule has 1 fully saturated rings. The second kappa shape index (κ2) is 8.42. The predicted octanol–water partition coefficient (Wildman–Crippen LogP) is 4.66. The van der Waals surface area contributed by atoms with Crippen LogP contribution in [0.4, 0.5) is 5.69 Å². The number of anilines is 1. The lowest BCUT2D eigenvalue weighted by Crippen LogP contribution is -2.47. The standard InChI is InChI=1S/C24H37ClN4O2S/c1-17-23(18(2)28(4)26-17)29-16-21-14-20(9-7-8-19-10-12-27(3)13-11-19)15-22(25)24(21)32(29,6,30)31-5/h14-15,19H,7-13,16H2,1-6H3. The van der Waals surface area contributed by atoms with Crippen molar-refractivity contribution in [1.29, 1.82) is 0 Å². The van der Waals surface area contributed by atoms with Gasteiger partial charge in [0.1, 0.15) is 5.69 Å². The Morgan fingerprint density at radius 1 is 1.22 bits per heavy atom. The Balaban J connectivity index is 1.60. The number of likely N-dealkylation sites (tertiary alicyclic amines) is 1. The molecule has 6 nitrogen and oxygen atoms in total. The molecule has 0 saturated carbocycles. The molecule has 0 atom stereocenters. The first-order valence-electron chi connectivity index (χ1n) is 11.5. The van der Waals surface area contributed by atoms with Gasteiger partial charge in [-0.15, -0.1) is 0 Å². The first-order chi connectivity index (χ1) is 15.0. The van der Waals surface area contributed by atoms with E-state index >= 15 is 0 Å². The molecule has 8 heteroatoms. The van der Waals surface area contributed by atoms with E-state index < -0.39 is 9.53 Å². The summed E-state index contributed by atoms with van der Waals surface area (Å²) < 4.78 is 24.1. The molecule has 0 radical (unpaired) electrons. The Kier molecular flexibility index (Phi) is 6.25. The number of rotatable bonds is 6. The summed E-state index contributed by atoms with van der Waals surface area (Å²) in [5.41, 5.74) is 4.88. The number of hydrogen-bond donors (Lipinski definition) is 0. The second-order valence-electron chi connectivity index (χ2n) is 9.75. The van der Waals surface area contributed by atoms with Gasteiger partial charge in [0.2, 0.25) is 0 Å². The van der Waals surface area contributed by atoms with Crippen molar-refractivity contribution in [2.24, 2.45) is 13.0 Å². The third-order valence-electron chi connectivity index (χ3n) is 7.50. The summed E-state index contributed by atoms with van der Waals surface area (Å²) >= 11 is 6.80. The highest BCUT2D eigenvalue weighted by molar-refractivity contribution is 8.16. The summed E-state index contributed by atoms with van der Waals surface area (Å²) in [6.07, 6.45) is 7.70. The van der Waals surface area contributed by atoms with Gasteiger partial charge in [0.05, 0.1) is 35.0 Å². The summed E-state index contributed by atoms with van der Waals surface area (Å²) in [4.78, 5) is 3.05. The number of benzene rings is 1. The zero-order valence-electron chi connectivity index (χ0n) is 20.3. The maximum absolute atomic E-state index is 14.6. The Bertz CT molecular complexity index is 1090. The van der Waals surface area contributed by atoms with Gasteiger partial charge in [0, 0.05) is 13.3 Å². The number of nitrogens with zero attached hydrogens (tertiary/aromatic N) is 4. The van der Waals surface area contributed by atoms with Gasteiger partial charge < -0.3 is 4.90 Å². The Morgan fingerprint density at radius 3 is 2.50 bits per heavy atom. The molecule has 2 aromatic rings. The Labute approximate surface area is 197 Å². The molecule has 0 amide bonds. The smallest absolute Gasteiger partial charge is 0.101 e. The van der Waals surface area contributed by atoms with Crippen LogP contribution in [-0.2, 0) is 33.7 Å². The van der Waals surface area contributed by atoms with Crippen LogP contribution in [0.3, 0.4) is 0 Å². The van der Waals surface area contributed by atoms with E-state index in [0.29, 0.717) is 16.5 Å². The van der Waals surface area contributed by atoms with Crippen LogP contribution in [0.15, 0.2) is 17.0 Å². The van der Waals surface area contributed by atoms with Crippen molar-refractivity contribution >= 4 is 26.8 Å². The van der Waals surface area contributed by atoms with E-state index in [-0.39, 0.29) is 0 Å². The van der Waals surface area contributed by atoms with Crippen molar-refractivity contribution in [2.45, 2.75) is 57.4 Å². The number of aryl methyl sites for hydroxylation is 3. The van der Waals surface area contributed by atoms with Gasteiger partial charge in [-0.25, -0.2) is 0 Å². The minimum absolute atomic E-state index is 0.501. The van der Waals surface area contributed by atoms with Crippen molar-refractivity contribution in [3.8, 4) is 0 Å². The van der Waals surface area contributed by atoms with Crippen molar-refractivity contribution < 1.29 is 8.39 Å². The lowest BCUT2D eigenvalue weighted by Gasteiger charge is -2.48. The average molecular weight is 481 g/mol. The van der Waals surface area contributed by atoms with E-state index in [1.54, 1.807) is 6.26 Å². The minimum Gasteiger partial charge on any atom is -0.306 e. The fraction of sp³-hybridized carbons (Fsp3) is 0.625. The number of aromatic nitrogens is 2. The molecule has 4 rings (SSSR count). The monoisotopic (exact) mass is 480 g/mol. The molecular formula is C24H37ClN4O2S. The van der Waals surface area contributed by atoms with Crippen molar-refractivity contribution in [3.05, 3.63) is 39.7 Å².